The highest BCUT2D eigenvalue weighted by Gasteiger charge is 2.09. The molecule has 0 unspecified atom stereocenters. The zero-order valence-corrected chi connectivity index (χ0v) is 13.0. The molecule has 0 atom stereocenters. The Bertz CT molecular complexity index is 640. The van der Waals surface area contributed by atoms with Crippen LogP contribution in [0.4, 0.5) is 5.69 Å². The Morgan fingerprint density at radius 2 is 1.95 bits per heavy atom. The lowest BCUT2D eigenvalue weighted by Crippen LogP contribution is -2.23. The third-order valence-electron chi connectivity index (χ3n) is 3.25. The van der Waals surface area contributed by atoms with E-state index in [1.54, 1.807) is 0 Å². The monoisotopic (exact) mass is 302 g/mol. The fourth-order valence-corrected chi connectivity index (χ4v) is 2.35. The number of nitrogens with one attached hydrogen (secondary N) is 2. The summed E-state index contributed by atoms with van der Waals surface area (Å²) < 4.78 is 0. The number of carbonyl (C=O) groups excluding carboxylic acids is 1. The van der Waals surface area contributed by atoms with E-state index < -0.39 is 0 Å². The maximum absolute atomic E-state index is 12.2. The molecule has 2 aromatic carbocycles. The van der Waals surface area contributed by atoms with E-state index in [0.717, 1.165) is 23.4 Å². The van der Waals surface area contributed by atoms with E-state index in [9.17, 15) is 4.79 Å². The Kier molecular flexibility index (Phi) is 5.23. The van der Waals surface area contributed by atoms with Gasteiger partial charge in [0.05, 0.1) is 0 Å². The fourth-order valence-electron chi connectivity index (χ4n) is 2.15. The van der Waals surface area contributed by atoms with Crippen LogP contribution in [-0.4, -0.2) is 12.5 Å². The Morgan fingerprint density at radius 1 is 1.19 bits per heavy atom. The van der Waals surface area contributed by atoms with Crippen molar-refractivity contribution in [2.45, 2.75) is 20.4 Å². The van der Waals surface area contributed by atoms with Gasteiger partial charge in [-0.05, 0) is 49.2 Å². The predicted molar refractivity (Wildman–Crippen MR) is 88.0 cm³/mol. The largest absolute Gasteiger partial charge is 0.385 e. The second-order valence-corrected chi connectivity index (χ2v) is 5.24. The van der Waals surface area contributed by atoms with Gasteiger partial charge in [0.2, 0.25) is 0 Å². The summed E-state index contributed by atoms with van der Waals surface area (Å²) in [7, 11) is 0. The molecule has 0 spiro atoms. The number of carbonyl (C=O) groups is 1. The summed E-state index contributed by atoms with van der Waals surface area (Å²) in [5.41, 5.74) is 3.57. The van der Waals surface area contributed by atoms with E-state index in [0.29, 0.717) is 17.1 Å². The van der Waals surface area contributed by atoms with Crippen molar-refractivity contribution in [2.24, 2.45) is 0 Å². The van der Waals surface area contributed by atoms with Crippen molar-refractivity contribution in [3.05, 3.63) is 64.2 Å². The van der Waals surface area contributed by atoms with Crippen LogP contribution in [0.15, 0.2) is 42.5 Å². The van der Waals surface area contributed by atoms with Crippen LogP contribution >= 0.6 is 11.6 Å². The summed E-state index contributed by atoms with van der Waals surface area (Å²) in [6.07, 6.45) is 0. The van der Waals surface area contributed by atoms with Crippen molar-refractivity contribution in [1.29, 1.82) is 0 Å². The van der Waals surface area contributed by atoms with E-state index in [1.165, 1.54) is 0 Å². The quantitative estimate of drug-likeness (QED) is 0.876. The summed E-state index contributed by atoms with van der Waals surface area (Å²) in [5.74, 6) is -0.0875. The van der Waals surface area contributed by atoms with Crippen molar-refractivity contribution >= 4 is 23.2 Å². The molecule has 2 aromatic rings. The molecule has 110 valence electrons. The summed E-state index contributed by atoms with van der Waals surface area (Å²) in [4.78, 5) is 12.2. The first-order valence-electron chi connectivity index (χ1n) is 6.98. The molecule has 0 aromatic heterocycles. The van der Waals surface area contributed by atoms with Gasteiger partial charge in [-0.15, -0.1) is 0 Å². The maximum atomic E-state index is 12.2. The minimum Gasteiger partial charge on any atom is -0.385 e. The third kappa shape index (κ3) is 3.99. The Labute approximate surface area is 130 Å². The smallest absolute Gasteiger partial charge is 0.251 e. The van der Waals surface area contributed by atoms with Gasteiger partial charge in [0.25, 0.3) is 5.91 Å². The van der Waals surface area contributed by atoms with Crippen LogP contribution in [0, 0.1) is 6.92 Å². The van der Waals surface area contributed by atoms with E-state index >= 15 is 0 Å². The van der Waals surface area contributed by atoms with Gasteiger partial charge in [-0.1, -0.05) is 29.8 Å². The van der Waals surface area contributed by atoms with Gasteiger partial charge in [-0.2, -0.15) is 0 Å². The summed E-state index contributed by atoms with van der Waals surface area (Å²) >= 11 is 6.08. The number of benzene rings is 2. The molecule has 0 fully saturated rings. The molecule has 0 saturated heterocycles. The van der Waals surface area contributed by atoms with Crippen molar-refractivity contribution < 1.29 is 4.79 Å². The number of aryl methyl sites for hydroxylation is 1. The van der Waals surface area contributed by atoms with Crippen LogP contribution in [0.3, 0.4) is 0 Å². The van der Waals surface area contributed by atoms with E-state index in [-0.39, 0.29) is 5.91 Å². The minimum atomic E-state index is -0.0875. The molecular formula is C17H19ClN2O. The van der Waals surface area contributed by atoms with Crippen molar-refractivity contribution in [1.82, 2.24) is 5.32 Å². The third-order valence-corrected chi connectivity index (χ3v) is 3.62. The Morgan fingerprint density at radius 3 is 2.62 bits per heavy atom. The van der Waals surface area contributed by atoms with Crippen molar-refractivity contribution in [3.63, 3.8) is 0 Å². The van der Waals surface area contributed by atoms with Crippen LogP contribution in [-0.2, 0) is 6.54 Å². The van der Waals surface area contributed by atoms with Crippen LogP contribution in [0.25, 0.3) is 0 Å². The fraction of sp³-hybridized carbons (Fsp3) is 0.235. The molecule has 1 amide bonds. The van der Waals surface area contributed by atoms with Crippen molar-refractivity contribution in [3.8, 4) is 0 Å². The molecule has 4 heteroatoms. The molecule has 3 nitrogen and oxygen atoms in total. The van der Waals surface area contributed by atoms with Crippen LogP contribution in [0.5, 0.6) is 0 Å². The molecular weight excluding hydrogens is 284 g/mol. The second kappa shape index (κ2) is 7.14. The molecule has 21 heavy (non-hydrogen) atoms. The highest BCUT2D eigenvalue weighted by Crippen LogP contribution is 2.17. The first kappa shape index (κ1) is 15.4. The summed E-state index contributed by atoms with van der Waals surface area (Å²) in [6.45, 7) is 5.26. The average molecular weight is 303 g/mol. The molecule has 0 aliphatic carbocycles. The van der Waals surface area contributed by atoms with Gasteiger partial charge in [0.15, 0.2) is 0 Å². The van der Waals surface area contributed by atoms with Gasteiger partial charge < -0.3 is 10.6 Å². The molecule has 0 bridgehead atoms. The number of halogens is 1. The molecule has 0 saturated carbocycles. The lowest BCUT2D eigenvalue weighted by atomic mass is 10.1. The molecule has 2 rings (SSSR count). The Hall–Kier alpha value is -2.00. The van der Waals surface area contributed by atoms with Crippen molar-refractivity contribution in [2.75, 3.05) is 11.9 Å². The number of anilines is 1. The van der Waals surface area contributed by atoms with Crippen LogP contribution < -0.4 is 10.6 Å². The highest BCUT2D eigenvalue weighted by molar-refractivity contribution is 6.31. The first-order valence-corrected chi connectivity index (χ1v) is 7.35. The molecule has 0 radical (unpaired) electrons. The number of amides is 1. The second-order valence-electron chi connectivity index (χ2n) is 4.83. The lowest BCUT2D eigenvalue weighted by molar-refractivity contribution is 0.0950. The summed E-state index contributed by atoms with van der Waals surface area (Å²) in [5, 5.41) is 6.80. The zero-order chi connectivity index (χ0) is 15.2. The Balaban J connectivity index is 2.05. The maximum Gasteiger partial charge on any atom is 0.251 e. The van der Waals surface area contributed by atoms with E-state index in [1.807, 2.05) is 56.3 Å². The van der Waals surface area contributed by atoms with Gasteiger partial charge in [-0.3, -0.25) is 4.79 Å². The number of hydrogen-bond acceptors (Lipinski definition) is 2. The van der Waals surface area contributed by atoms with Gasteiger partial charge in [-0.25, -0.2) is 0 Å². The first-order chi connectivity index (χ1) is 10.1. The summed E-state index contributed by atoms with van der Waals surface area (Å²) in [6, 6.07) is 13.2. The number of rotatable bonds is 5. The zero-order valence-electron chi connectivity index (χ0n) is 12.2. The molecule has 2 N–H and O–H groups in total. The number of hydrogen-bond donors (Lipinski definition) is 2. The van der Waals surface area contributed by atoms with Crippen LogP contribution in [0.1, 0.15) is 28.4 Å². The normalized spacial score (nSPS) is 10.2. The van der Waals surface area contributed by atoms with Crippen LogP contribution in [0.2, 0.25) is 5.02 Å². The van der Waals surface area contributed by atoms with Gasteiger partial charge in [0.1, 0.15) is 0 Å². The minimum absolute atomic E-state index is 0.0875. The standard InChI is InChI=1S/C17H19ClN2O/c1-3-19-14-8-9-15(12(2)10-14)17(21)20-11-13-6-4-5-7-16(13)18/h4-10,19H,3,11H2,1-2H3,(H,20,21). The predicted octanol–water partition coefficient (Wildman–Crippen LogP) is 4.01. The molecule has 0 aliphatic rings. The average Bonchev–Trinajstić information content (AvgIpc) is 2.46. The topological polar surface area (TPSA) is 41.1 Å². The highest BCUT2D eigenvalue weighted by atomic mass is 35.5. The molecule has 0 aliphatic heterocycles. The van der Waals surface area contributed by atoms with Gasteiger partial charge >= 0.3 is 0 Å². The molecule has 0 heterocycles. The van der Waals surface area contributed by atoms with Gasteiger partial charge in [0, 0.05) is 29.4 Å². The van der Waals surface area contributed by atoms with E-state index in [2.05, 4.69) is 10.6 Å². The lowest BCUT2D eigenvalue weighted by Gasteiger charge is -2.11. The van der Waals surface area contributed by atoms with E-state index in [4.69, 9.17) is 11.6 Å². The SMILES string of the molecule is CCNc1ccc(C(=O)NCc2ccccc2Cl)c(C)c1.